The highest BCUT2D eigenvalue weighted by Gasteiger charge is 2.25. The van der Waals surface area contributed by atoms with E-state index in [-0.39, 0.29) is 38.2 Å². The first kappa shape index (κ1) is 98.2. The molecule has 0 bridgehead atoms. The number of unbranched alkanes of at least 4 members (excludes halogenated alkanes) is 62. The number of allylic oxidation sites excluding steroid dienone is 8. The highest BCUT2D eigenvalue weighted by Crippen LogP contribution is 2.21. The number of likely N-dealkylation sites (N-methyl/N-ethyl adjacent to an activating group) is 1. The van der Waals surface area contributed by atoms with Gasteiger partial charge >= 0.3 is 17.9 Å². The topological polar surface area (TPSA) is 108 Å². The van der Waals surface area contributed by atoms with Crippen molar-refractivity contribution in [1.82, 2.24) is 0 Å². The van der Waals surface area contributed by atoms with Gasteiger partial charge in [0, 0.05) is 12.8 Å². The molecule has 0 spiro atoms. The predicted molar refractivity (Wildman–Crippen MR) is 438 cm³/mol. The van der Waals surface area contributed by atoms with Crippen LogP contribution >= 0.6 is 0 Å². The van der Waals surface area contributed by atoms with Crippen LogP contribution in [0.3, 0.4) is 0 Å². The lowest BCUT2D eigenvalue weighted by Crippen LogP contribution is -2.40. The van der Waals surface area contributed by atoms with Gasteiger partial charge in [0.25, 0.3) is 6.29 Å². The molecule has 2 unspecified atom stereocenters. The minimum absolute atomic E-state index is 0.175. The fourth-order valence-electron chi connectivity index (χ4n) is 13.7. The van der Waals surface area contributed by atoms with Gasteiger partial charge in [0.2, 0.25) is 0 Å². The molecule has 9 heteroatoms. The molecule has 0 aromatic carbocycles. The summed E-state index contributed by atoms with van der Waals surface area (Å²) >= 11 is 0. The largest absolute Gasteiger partial charge is 0.477 e. The molecule has 0 aromatic heterocycles. The van der Waals surface area contributed by atoms with Crippen molar-refractivity contribution in [2.75, 3.05) is 47.5 Å². The number of carboxylic acids is 1. The van der Waals surface area contributed by atoms with Crippen molar-refractivity contribution in [3.05, 3.63) is 48.6 Å². The standard InChI is InChI=1S/C92H173NO8/c1-6-8-10-12-14-16-18-20-22-24-26-28-30-32-34-36-38-40-42-44-45-47-49-51-53-55-57-59-61-63-65-67-69-71-73-75-77-79-81-83-90(95)101-88(87-100-92(91(96)97)98-85-84-93(3,4)5)86-99-89(94)82-80-78-76-74-72-70-68-66-64-62-60-58-56-54-52-50-48-46-43-41-39-37-35-33-31-29-27-25-23-21-19-17-15-13-11-9-7-2/h18,20,24-27,30,32,88,92H,6-17,19,21-23,28-29,31,33-87H2,1-5H3/p+1/b20-18-,26-24-,27-25-,32-30-. The van der Waals surface area contributed by atoms with Crippen molar-refractivity contribution in [2.24, 2.45) is 0 Å². The summed E-state index contributed by atoms with van der Waals surface area (Å²) in [4.78, 5) is 37.8. The highest BCUT2D eigenvalue weighted by molar-refractivity contribution is 5.71. The number of aliphatic carboxylic acids is 1. The Balaban J connectivity index is 3.90. The summed E-state index contributed by atoms with van der Waals surface area (Å²) in [6.07, 6.45) is 107. The molecule has 0 saturated heterocycles. The third kappa shape index (κ3) is 84.4. The number of nitrogens with zero attached hydrogens (tertiary/aromatic N) is 1. The maximum absolute atomic E-state index is 13.0. The summed E-state index contributed by atoms with van der Waals surface area (Å²) in [6.45, 7) is 4.95. The molecular weight excluding hydrogens is 1250 g/mol. The molecule has 0 aliphatic heterocycles. The van der Waals surface area contributed by atoms with Gasteiger partial charge in [-0.1, -0.05) is 422 Å². The van der Waals surface area contributed by atoms with E-state index >= 15 is 0 Å². The molecule has 9 nitrogen and oxygen atoms in total. The SMILES string of the molecule is CCCCCCC/C=C\C/C=C\C/C=C\CCCCCCCCCCCCCCCCCCCCCCCCCCC(=O)OC(COC(=O)CCCCCCCCCCCCCCCCCCCCCCCCCCC/C=C\CCCCCCCCCC)COC(OCC[N+](C)(C)C)C(=O)O. The molecule has 594 valence electrons. The Morgan fingerprint density at radius 2 is 0.535 bits per heavy atom. The summed E-state index contributed by atoms with van der Waals surface area (Å²) in [5.74, 6) is -1.97. The molecule has 0 aromatic rings. The Morgan fingerprint density at radius 1 is 0.297 bits per heavy atom. The van der Waals surface area contributed by atoms with Crippen LogP contribution < -0.4 is 0 Å². The van der Waals surface area contributed by atoms with Crippen LogP contribution in [0.1, 0.15) is 463 Å². The van der Waals surface area contributed by atoms with Crippen LogP contribution in [-0.4, -0.2) is 87.4 Å². The number of carbonyl (C=O) groups excluding carboxylic acids is 2. The molecule has 0 fully saturated rings. The van der Waals surface area contributed by atoms with Crippen LogP contribution in [0, 0.1) is 0 Å². The first-order valence-corrected chi connectivity index (χ1v) is 44.8. The zero-order valence-corrected chi connectivity index (χ0v) is 68.4. The number of carboxylic acid groups (broad SMARTS) is 1. The van der Waals surface area contributed by atoms with Crippen molar-refractivity contribution in [2.45, 2.75) is 476 Å². The van der Waals surface area contributed by atoms with Crippen molar-refractivity contribution < 1.29 is 42.9 Å². The molecule has 0 radical (unpaired) electrons. The number of hydrogen-bond donors (Lipinski definition) is 1. The number of ether oxygens (including phenoxy) is 4. The highest BCUT2D eigenvalue weighted by atomic mass is 16.7. The van der Waals surface area contributed by atoms with Crippen LogP contribution in [0.15, 0.2) is 48.6 Å². The molecule has 0 heterocycles. The first-order chi connectivity index (χ1) is 49.6. The molecule has 0 saturated carbocycles. The van der Waals surface area contributed by atoms with E-state index in [0.717, 1.165) is 51.4 Å². The van der Waals surface area contributed by atoms with E-state index < -0.39 is 18.4 Å². The third-order valence-corrected chi connectivity index (χ3v) is 20.6. The summed E-state index contributed by atoms with van der Waals surface area (Å²) in [5, 5.41) is 9.79. The number of carbonyl (C=O) groups is 3. The van der Waals surface area contributed by atoms with E-state index in [4.69, 9.17) is 18.9 Å². The minimum atomic E-state index is -1.51. The van der Waals surface area contributed by atoms with Crippen LogP contribution in [0.2, 0.25) is 0 Å². The van der Waals surface area contributed by atoms with E-state index in [1.165, 1.54) is 385 Å². The van der Waals surface area contributed by atoms with Crippen molar-refractivity contribution in [3.8, 4) is 0 Å². The van der Waals surface area contributed by atoms with Gasteiger partial charge in [0.05, 0.1) is 34.4 Å². The molecule has 2 atom stereocenters. The Kier molecular flexibility index (Phi) is 80.6. The van der Waals surface area contributed by atoms with Gasteiger partial charge in [-0.2, -0.15) is 0 Å². The van der Waals surface area contributed by atoms with Gasteiger partial charge < -0.3 is 28.5 Å². The smallest absolute Gasteiger partial charge is 0.361 e. The van der Waals surface area contributed by atoms with Gasteiger partial charge in [-0.3, -0.25) is 9.59 Å². The fraction of sp³-hybridized carbons (Fsp3) is 0.880. The molecular formula is C92H174NO8+. The van der Waals surface area contributed by atoms with Crippen LogP contribution in [0.25, 0.3) is 0 Å². The Bertz CT molecular complexity index is 1800. The summed E-state index contributed by atoms with van der Waals surface area (Å²) in [5.41, 5.74) is 0. The van der Waals surface area contributed by atoms with Gasteiger partial charge in [-0.15, -0.1) is 0 Å². The van der Waals surface area contributed by atoms with Crippen molar-refractivity contribution >= 4 is 17.9 Å². The normalized spacial score (nSPS) is 12.8. The molecule has 101 heavy (non-hydrogen) atoms. The number of quaternary nitrogens is 1. The summed E-state index contributed by atoms with van der Waals surface area (Å²) in [7, 11) is 6.01. The van der Waals surface area contributed by atoms with E-state index in [2.05, 4.69) is 62.5 Å². The fourth-order valence-corrected chi connectivity index (χ4v) is 13.7. The lowest BCUT2D eigenvalue weighted by atomic mass is 10.0. The Morgan fingerprint density at radius 3 is 0.802 bits per heavy atom. The van der Waals surface area contributed by atoms with Gasteiger partial charge in [0.15, 0.2) is 6.10 Å². The van der Waals surface area contributed by atoms with E-state index in [9.17, 15) is 19.5 Å². The van der Waals surface area contributed by atoms with Gasteiger partial charge in [-0.05, 0) is 77.0 Å². The van der Waals surface area contributed by atoms with Crippen molar-refractivity contribution in [1.29, 1.82) is 0 Å². The Labute approximate surface area is 629 Å². The lowest BCUT2D eigenvalue weighted by molar-refractivity contribution is -0.870. The zero-order valence-electron chi connectivity index (χ0n) is 68.4. The monoisotopic (exact) mass is 1420 g/mol. The number of rotatable bonds is 85. The predicted octanol–water partition coefficient (Wildman–Crippen LogP) is 29.2. The van der Waals surface area contributed by atoms with E-state index in [0.29, 0.717) is 17.4 Å². The second-order valence-electron chi connectivity index (χ2n) is 31.9. The van der Waals surface area contributed by atoms with Crippen molar-refractivity contribution in [3.63, 3.8) is 0 Å². The number of hydrogen-bond acceptors (Lipinski definition) is 7. The Hall–Kier alpha value is -2.75. The minimum Gasteiger partial charge on any atom is -0.477 e. The maximum atomic E-state index is 13.0. The molecule has 0 rings (SSSR count). The molecule has 0 aliphatic carbocycles. The maximum Gasteiger partial charge on any atom is 0.361 e. The van der Waals surface area contributed by atoms with Gasteiger partial charge in [-0.25, -0.2) is 4.79 Å². The van der Waals surface area contributed by atoms with Crippen LogP contribution in [-0.2, 0) is 33.3 Å². The van der Waals surface area contributed by atoms with Crippen LogP contribution in [0.5, 0.6) is 0 Å². The summed E-state index contributed by atoms with van der Waals surface area (Å²) in [6, 6.07) is 0. The zero-order chi connectivity index (χ0) is 73.2. The molecule has 1 N–H and O–H groups in total. The van der Waals surface area contributed by atoms with E-state index in [1.54, 1.807) is 0 Å². The molecule has 0 aliphatic rings. The molecule has 0 amide bonds. The second-order valence-corrected chi connectivity index (χ2v) is 31.9. The lowest BCUT2D eigenvalue weighted by Gasteiger charge is -2.25. The third-order valence-electron chi connectivity index (χ3n) is 20.6. The average Bonchev–Trinajstić information content (AvgIpc) is 1.21. The van der Waals surface area contributed by atoms with Gasteiger partial charge in [0.1, 0.15) is 13.2 Å². The quantitative estimate of drug-likeness (QED) is 0.0211. The average molecular weight is 1420 g/mol. The first-order valence-electron chi connectivity index (χ1n) is 44.8. The second kappa shape index (κ2) is 82.9. The summed E-state index contributed by atoms with van der Waals surface area (Å²) < 4.78 is 23.1. The van der Waals surface area contributed by atoms with Crippen LogP contribution in [0.4, 0.5) is 0 Å². The van der Waals surface area contributed by atoms with E-state index in [1.807, 2.05) is 21.1 Å². The number of esters is 2.